The molecule has 0 unspecified atom stereocenters. The van der Waals surface area contributed by atoms with Gasteiger partial charge in [-0.25, -0.2) is 9.78 Å². The summed E-state index contributed by atoms with van der Waals surface area (Å²) in [5.74, 6) is 0. The van der Waals surface area contributed by atoms with Gasteiger partial charge in [-0.2, -0.15) is 0 Å². The van der Waals surface area contributed by atoms with E-state index in [4.69, 9.17) is 4.74 Å². The summed E-state index contributed by atoms with van der Waals surface area (Å²) in [4.78, 5) is 16.3. The molecule has 1 aromatic heterocycles. The molecule has 136 valence electrons. The average Bonchev–Trinajstić information content (AvgIpc) is 2.83. The normalized spacial score (nSPS) is 22.2. The van der Waals surface area contributed by atoms with Gasteiger partial charge in [0.1, 0.15) is 5.60 Å². The highest BCUT2D eigenvalue weighted by atomic mass is 16.6. The molecule has 2 rings (SSSR count). The summed E-state index contributed by atoms with van der Waals surface area (Å²) >= 11 is 0. The quantitative estimate of drug-likeness (QED) is 0.884. The topological polar surface area (TPSA) is 76.4 Å². The van der Waals surface area contributed by atoms with Crippen molar-refractivity contribution in [3.8, 4) is 0 Å². The zero-order chi connectivity index (χ0) is 18.0. The number of ether oxygens (including phenoxy) is 1. The van der Waals surface area contributed by atoms with Crippen molar-refractivity contribution in [2.75, 3.05) is 0 Å². The Morgan fingerprint density at radius 3 is 2.50 bits per heavy atom. The first-order valence-electron chi connectivity index (χ1n) is 8.76. The largest absolute Gasteiger partial charge is 0.444 e. The molecule has 1 aliphatic rings. The summed E-state index contributed by atoms with van der Waals surface area (Å²) in [5.41, 5.74) is 0.150. The molecule has 6 nitrogen and oxygen atoms in total. The van der Waals surface area contributed by atoms with Gasteiger partial charge in [0.05, 0.1) is 12.4 Å². The lowest BCUT2D eigenvalue weighted by molar-refractivity contribution is 0.0471. The molecule has 24 heavy (non-hydrogen) atoms. The molecule has 1 aliphatic carbocycles. The van der Waals surface area contributed by atoms with Crippen molar-refractivity contribution in [2.45, 2.75) is 90.0 Å². The molecule has 1 fully saturated rings. The predicted molar refractivity (Wildman–Crippen MR) is 92.9 cm³/mol. The van der Waals surface area contributed by atoms with Gasteiger partial charge in [0.2, 0.25) is 0 Å². The number of aliphatic hydroxyl groups is 1. The number of carbonyl (C=O) groups excluding carboxylic acids is 1. The maximum absolute atomic E-state index is 12.0. The summed E-state index contributed by atoms with van der Waals surface area (Å²) in [6.45, 7) is 9.53. The van der Waals surface area contributed by atoms with Gasteiger partial charge in [-0.3, -0.25) is 0 Å². The third-order valence-electron chi connectivity index (χ3n) is 4.27. The molecule has 0 spiro atoms. The molecule has 1 saturated carbocycles. The highest BCUT2D eigenvalue weighted by Crippen LogP contribution is 2.30. The third kappa shape index (κ3) is 5.51. The Morgan fingerprint density at radius 2 is 1.92 bits per heavy atom. The number of hydrogen-bond acceptors (Lipinski definition) is 4. The first kappa shape index (κ1) is 18.8. The maximum atomic E-state index is 12.0. The molecular formula is C18H31N3O3. The fourth-order valence-corrected chi connectivity index (χ4v) is 3.21. The summed E-state index contributed by atoms with van der Waals surface area (Å²) < 4.78 is 7.55. The molecule has 1 aromatic rings. The summed E-state index contributed by atoms with van der Waals surface area (Å²) in [5, 5.41) is 12.6. The fraction of sp³-hybridized carbons (Fsp3) is 0.778. The van der Waals surface area contributed by atoms with E-state index >= 15 is 0 Å². The lowest BCUT2D eigenvalue weighted by Crippen LogP contribution is -2.47. The Kier molecular flexibility index (Phi) is 5.58. The van der Waals surface area contributed by atoms with Crippen molar-refractivity contribution >= 4 is 6.09 Å². The SMILES string of the molecule is CC(C)(Cc1cncn1C1CCC(O)CC1)NC(=O)OC(C)(C)C. The molecule has 0 saturated heterocycles. The number of aliphatic hydroxyl groups excluding tert-OH is 1. The molecule has 6 heteroatoms. The van der Waals surface area contributed by atoms with Gasteiger partial charge >= 0.3 is 6.09 Å². The molecular weight excluding hydrogens is 306 g/mol. The average molecular weight is 337 g/mol. The van der Waals surface area contributed by atoms with Crippen LogP contribution in [0.25, 0.3) is 0 Å². The second kappa shape index (κ2) is 7.13. The van der Waals surface area contributed by atoms with Crippen LogP contribution in [0.5, 0.6) is 0 Å². The Labute approximate surface area is 144 Å². The van der Waals surface area contributed by atoms with Crippen molar-refractivity contribution in [2.24, 2.45) is 0 Å². The van der Waals surface area contributed by atoms with Crippen molar-refractivity contribution in [3.63, 3.8) is 0 Å². The molecule has 1 heterocycles. The van der Waals surface area contributed by atoms with Gasteiger partial charge < -0.3 is 19.7 Å². The van der Waals surface area contributed by atoms with Crippen molar-refractivity contribution in [3.05, 3.63) is 18.2 Å². The smallest absolute Gasteiger partial charge is 0.408 e. The van der Waals surface area contributed by atoms with Gasteiger partial charge in [0.15, 0.2) is 0 Å². The molecule has 1 amide bonds. The molecule has 0 aromatic carbocycles. The van der Waals surface area contributed by atoms with Crippen LogP contribution in [0.3, 0.4) is 0 Å². The Hall–Kier alpha value is -1.56. The summed E-state index contributed by atoms with van der Waals surface area (Å²) in [7, 11) is 0. The second-order valence-corrected chi connectivity index (χ2v) is 8.44. The van der Waals surface area contributed by atoms with Gasteiger partial charge in [-0.1, -0.05) is 0 Å². The minimum Gasteiger partial charge on any atom is -0.444 e. The van der Waals surface area contributed by atoms with E-state index in [1.54, 1.807) is 0 Å². The van der Waals surface area contributed by atoms with Crippen LogP contribution >= 0.6 is 0 Å². The van der Waals surface area contributed by atoms with Crippen LogP contribution in [-0.4, -0.2) is 38.0 Å². The molecule has 0 radical (unpaired) electrons. The number of nitrogens with one attached hydrogen (secondary N) is 1. The van der Waals surface area contributed by atoms with Crippen molar-refractivity contribution in [1.29, 1.82) is 0 Å². The maximum Gasteiger partial charge on any atom is 0.408 e. The number of hydrogen-bond donors (Lipinski definition) is 2. The van der Waals surface area contributed by atoms with E-state index in [1.165, 1.54) is 0 Å². The van der Waals surface area contributed by atoms with Crippen LogP contribution in [0.2, 0.25) is 0 Å². The minimum atomic E-state index is -0.509. The first-order chi connectivity index (χ1) is 11.1. The third-order valence-corrected chi connectivity index (χ3v) is 4.27. The number of imidazole rings is 1. The monoisotopic (exact) mass is 337 g/mol. The van der Waals surface area contributed by atoms with E-state index < -0.39 is 17.2 Å². The van der Waals surface area contributed by atoms with Crippen LogP contribution in [0, 0.1) is 0 Å². The number of carbonyl (C=O) groups is 1. The van der Waals surface area contributed by atoms with E-state index in [9.17, 15) is 9.90 Å². The van der Waals surface area contributed by atoms with E-state index in [-0.39, 0.29) is 6.10 Å². The molecule has 0 bridgehead atoms. The summed E-state index contributed by atoms with van der Waals surface area (Å²) in [6, 6.07) is 0.378. The second-order valence-electron chi connectivity index (χ2n) is 8.44. The first-order valence-corrected chi connectivity index (χ1v) is 8.76. The van der Waals surface area contributed by atoms with Crippen molar-refractivity contribution < 1.29 is 14.6 Å². The van der Waals surface area contributed by atoms with Gasteiger partial charge in [0.25, 0.3) is 0 Å². The molecule has 2 N–H and O–H groups in total. The van der Waals surface area contributed by atoms with Crippen LogP contribution in [0.4, 0.5) is 4.79 Å². The standard InChI is InChI=1S/C18H31N3O3/c1-17(2,3)24-16(23)20-18(4,5)10-14-11-19-12-21(14)13-6-8-15(22)9-7-13/h11-13,15,22H,6-10H2,1-5H3,(H,20,23). The van der Waals surface area contributed by atoms with Crippen LogP contribution < -0.4 is 5.32 Å². The van der Waals surface area contributed by atoms with E-state index in [0.29, 0.717) is 12.5 Å². The van der Waals surface area contributed by atoms with Gasteiger partial charge in [0, 0.05) is 29.9 Å². The van der Waals surface area contributed by atoms with E-state index in [2.05, 4.69) is 14.9 Å². The Bertz CT molecular complexity index is 552. The highest BCUT2D eigenvalue weighted by Gasteiger charge is 2.28. The van der Waals surface area contributed by atoms with E-state index in [1.807, 2.05) is 47.1 Å². The number of alkyl carbamates (subject to hydrolysis) is 1. The van der Waals surface area contributed by atoms with Crippen LogP contribution in [0.15, 0.2) is 12.5 Å². The lowest BCUT2D eigenvalue weighted by Gasteiger charge is -2.31. The summed E-state index contributed by atoms with van der Waals surface area (Å²) in [6.07, 6.45) is 7.42. The number of aromatic nitrogens is 2. The van der Waals surface area contributed by atoms with Crippen LogP contribution in [0.1, 0.15) is 72.0 Å². The molecule has 0 atom stereocenters. The van der Waals surface area contributed by atoms with Gasteiger partial charge in [-0.15, -0.1) is 0 Å². The fourth-order valence-electron chi connectivity index (χ4n) is 3.21. The van der Waals surface area contributed by atoms with E-state index in [0.717, 1.165) is 31.4 Å². The predicted octanol–water partition coefficient (Wildman–Crippen LogP) is 3.20. The molecule has 0 aliphatic heterocycles. The Morgan fingerprint density at radius 1 is 1.29 bits per heavy atom. The number of rotatable bonds is 4. The minimum absolute atomic E-state index is 0.168. The lowest BCUT2D eigenvalue weighted by atomic mass is 9.92. The van der Waals surface area contributed by atoms with Gasteiger partial charge in [-0.05, 0) is 60.3 Å². The highest BCUT2D eigenvalue weighted by molar-refractivity contribution is 5.68. The Balaban J connectivity index is 2.00. The van der Waals surface area contributed by atoms with Crippen LogP contribution in [-0.2, 0) is 11.2 Å². The van der Waals surface area contributed by atoms with Crippen molar-refractivity contribution in [1.82, 2.24) is 14.9 Å². The zero-order valence-electron chi connectivity index (χ0n) is 15.5. The number of amides is 1. The zero-order valence-corrected chi connectivity index (χ0v) is 15.5. The number of nitrogens with zero attached hydrogens (tertiary/aromatic N) is 2.